The van der Waals surface area contributed by atoms with E-state index in [1.54, 1.807) is 17.1 Å². The molecule has 0 spiro atoms. The first kappa shape index (κ1) is 7.49. The third-order valence-corrected chi connectivity index (χ3v) is 2.40. The van der Waals surface area contributed by atoms with E-state index in [1.165, 1.54) is 0 Å². The number of anilines is 1. The van der Waals surface area contributed by atoms with E-state index in [4.69, 9.17) is 0 Å². The highest BCUT2D eigenvalue weighted by molar-refractivity contribution is 6.04. The first-order chi connectivity index (χ1) is 6.84. The SMILES string of the molecule is O=C1CCC=C2Nc3cnnn3C=C12. The molecule has 0 radical (unpaired) electrons. The molecule has 5 nitrogen and oxygen atoms in total. The number of fused-ring (bicyclic) bond motifs is 2. The quantitative estimate of drug-likeness (QED) is 0.654. The molecule has 0 aromatic carbocycles. The van der Waals surface area contributed by atoms with Crippen LogP contribution in [0.3, 0.4) is 0 Å². The minimum Gasteiger partial charge on any atom is -0.338 e. The maximum absolute atomic E-state index is 11.5. The van der Waals surface area contributed by atoms with E-state index in [9.17, 15) is 4.79 Å². The minimum atomic E-state index is 0.163. The minimum absolute atomic E-state index is 0.163. The normalized spacial score (nSPS) is 19.0. The zero-order chi connectivity index (χ0) is 9.54. The molecule has 0 fully saturated rings. The van der Waals surface area contributed by atoms with Crippen LogP contribution < -0.4 is 5.32 Å². The van der Waals surface area contributed by atoms with Gasteiger partial charge in [0.1, 0.15) is 0 Å². The van der Waals surface area contributed by atoms with Gasteiger partial charge in [-0.15, -0.1) is 5.10 Å². The lowest BCUT2D eigenvalue weighted by molar-refractivity contribution is -0.115. The van der Waals surface area contributed by atoms with Gasteiger partial charge in [-0.1, -0.05) is 11.3 Å². The van der Waals surface area contributed by atoms with Gasteiger partial charge in [0, 0.05) is 18.3 Å². The number of ketones is 1. The third kappa shape index (κ3) is 0.921. The Kier molecular flexibility index (Phi) is 1.36. The maximum Gasteiger partial charge on any atom is 0.166 e. The van der Waals surface area contributed by atoms with E-state index < -0.39 is 0 Å². The van der Waals surface area contributed by atoms with Crippen LogP contribution in [-0.4, -0.2) is 20.8 Å². The number of hydrogen-bond acceptors (Lipinski definition) is 4. The molecule has 0 saturated carbocycles. The van der Waals surface area contributed by atoms with Crippen LogP contribution in [0.15, 0.2) is 23.5 Å². The Morgan fingerprint density at radius 2 is 2.43 bits per heavy atom. The van der Waals surface area contributed by atoms with E-state index in [0.29, 0.717) is 12.0 Å². The van der Waals surface area contributed by atoms with Crippen molar-refractivity contribution in [2.24, 2.45) is 0 Å². The Morgan fingerprint density at radius 3 is 3.36 bits per heavy atom. The fourth-order valence-electron chi connectivity index (χ4n) is 1.69. The van der Waals surface area contributed by atoms with Crippen molar-refractivity contribution in [3.8, 4) is 0 Å². The number of nitrogens with zero attached hydrogens (tertiary/aromatic N) is 3. The highest BCUT2D eigenvalue weighted by atomic mass is 16.1. The predicted octanol–water partition coefficient (Wildman–Crippen LogP) is 0.791. The molecule has 14 heavy (non-hydrogen) atoms. The van der Waals surface area contributed by atoms with E-state index in [-0.39, 0.29) is 5.78 Å². The van der Waals surface area contributed by atoms with Crippen molar-refractivity contribution in [3.63, 3.8) is 0 Å². The molecule has 0 unspecified atom stereocenters. The van der Waals surface area contributed by atoms with Crippen LogP contribution >= 0.6 is 0 Å². The lowest BCUT2D eigenvalue weighted by Crippen LogP contribution is -2.20. The monoisotopic (exact) mass is 188 g/mol. The molecular weight excluding hydrogens is 180 g/mol. The van der Waals surface area contributed by atoms with Crippen molar-refractivity contribution in [2.75, 3.05) is 5.32 Å². The second-order valence-corrected chi connectivity index (χ2v) is 3.31. The number of nitrogens with one attached hydrogen (secondary N) is 1. The lowest BCUT2D eigenvalue weighted by atomic mass is 9.97. The average molecular weight is 188 g/mol. The largest absolute Gasteiger partial charge is 0.338 e. The average Bonchev–Trinajstić information content (AvgIpc) is 2.62. The number of allylic oxidation sites excluding steroid dienone is 2. The molecular formula is C9H8N4O. The van der Waals surface area contributed by atoms with Gasteiger partial charge in [0.05, 0.1) is 11.8 Å². The number of Topliss-reactive ketones (excluding diaryl/α,β-unsaturated/α-hetero) is 1. The maximum atomic E-state index is 11.5. The molecule has 1 aliphatic heterocycles. The van der Waals surface area contributed by atoms with E-state index in [0.717, 1.165) is 17.9 Å². The third-order valence-electron chi connectivity index (χ3n) is 2.40. The number of rotatable bonds is 0. The van der Waals surface area contributed by atoms with Gasteiger partial charge < -0.3 is 5.32 Å². The Morgan fingerprint density at radius 1 is 1.50 bits per heavy atom. The fourth-order valence-corrected chi connectivity index (χ4v) is 1.69. The predicted molar refractivity (Wildman–Crippen MR) is 50.2 cm³/mol. The van der Waals surface area contributed by atoms with Crippen molar-refractivity contribution in [1.29, 1.82) is 0 Å². The molecule has 0 atom stereocenters. The Balaban J connectivity index is 2.18. The summed E-state index contributed by atoms with van der Waals surface area (Å²) in [6.07, 6.45) is 6.78. The summed E-state index contributed by atoms with van der Waals surface area (Å²) in [5.74, 6) is 0.964. The van der Waals surface area contributed by atoms with Crippen molar-refractivity contribution in [3.05, 3.63) is 23.5 Å². The van der Waals surface area contributed by atoms with E-state index >= 15 is 0 Å². The van der Waals surface area contributed by atoms with Crippen molar-refractivity contribution >= 4 is 17.8 Å². The highest BCUT2D eigenvalue weighted by Crippen LogP contribution is 2.27. The van der Waals surface area contributed by atoms with Crippen LogP contribution in [-0.2, 0) is 4.79 Å². The van der Waals surface area contributed by atoms with Gasteiger partial charge in [0.2, 0.25) is 0 Å². The molecule has 1 aromatic rings. The van der Waals surface area contributed by atoms with Crippen LogP contribution in [0.1, 0.15) is 12.8 Å². The molecule has 3 rings (SSSR count). The van der Waals surface area contributed by atoms with Crippen molar-refractivity contribution in [1.82, 2.24) is 15.0 Å². The Bertz CT molecular complexity index is 469. The van der Waals surface area contributed by atoms with Crippen LogP contribution in [0, 0.1) is 0 Å². The lowest BCUT2D eigenvalue weighted by Gasteiger charge is -2.21. The second kappa shape index (κ2) is 2.54. The van der Waals surface area contributed by atoms with E-state index in [1.807, 2.05) is 6.08 Å². The van der Waals surface area contributed by atoms with E-state index in [2.05, 4.69) is 15.6 Å². The molecule has 0 amide bonds. The van der Waals surface area contributed by atoms with Gasteiger partial charge in [-0.25, -0.2) is 4.68 Å². The van der Waals surface area contributed by atoms with Crippen LogP contribution in [0.4, 0.5) is 5.82 Å². The zero-order valence-corrected chi connectivity index (χ0v) is 7.40. The number of aromatic nitrogens is 3. The Hall–Kier alpha value is -1.91. The molecule has 2 aliphatic rings. The van der Waals surface area contributed by atoms with Crippen molar-refractivity contribution < 1.29 is 4.79 Å². The summed E-state index contributed by atoms with van der Waals surface area (Å²) in [6, 6.07) is 0. The van der Waals surface area contributed by atoms with Crippen LogP contribution in [0.2, 0.25) is 0 Å². The standard InChI is InChI=1S/C9H8N4O/c14-8-3-1-2-7-6(8)5-13-9(11-7)4-10-12-13/h2,4-5,11H,1,3H2. The van der Waals surface area contributed by atoms with Gasteiger partial charge in [-0.2, -0.15) is 0 Å². The molecule has 70 valence electrons. The smallest absolute Gasteiger partial charge is 0.166 e. The summed E-state index contributed by atoms with van der Waals surface area (Å²) in [5, 5.41) is 10.7. The first-order valence-corrected chi connectivity index (χ1v) is 4.47. The Labute approximate surface area is 80.1 Å². The summed E-state index contributed by atoms with van der Waals surface area (Å²) in [5.41, 5.74) is 1.59. The highest BCUT2D eigenvalue weighted by Gasteiger charge is 2.23. The molecule has 1 aliphatic carbocycles. The first-order valence-electron chi connectivity index (χ1n) is 4.47. The molecule has 0 saturated heterocycles. The van der Waals surface area contributed by atoms with Crippen LogP contribution in [0.5, 0.6) is 0 Å². The molecule has 2 heterocycles. The van der Waals surface area contributed by atoms with Crippen LogP contribution in [0.25, 0.3) is 6.20 Å². The number of hydrogen-bond donors (Lipinski definition) is 1. The topological polar surface area (TPSA) is 59.8 Å². The summed E-state index contributed by atoms with van der Waals surface area (Å²) in [6.45, 7) is 0. The number of carbonyl (C=O) groups excluding carboxylic acids is 1. The molecule has 5 heteroatoms. The summed E-state index contributed by atoms with van der Waals surface area (Å²) in [7, 11) is 0. The molecule has 1 aromatic heterocycles. The van der Waals surface area contributed by atoms with Gasteiger partial charge in [0.15, 0.2) is 11.6 Å². The summed E-state index contributed by atoms with van der Waals surface area (Å²) in [4.78, 5) is 11.5. The second-order valence-electron chi connectivity index (χ2n) is 3.31. The molecule has 0 bridgehead atoms. The summed E-state index contributed by atoms with van der Waals surface area (Å²) >= 11 is 0. The van der Waals surface area contributed by atoms with Gasteiger partial charge in [-0.05, 0) is 6.42 Å². The molecule has 1 N–H and O–H groups in total. The van der Waals surface area contributed by atoms with Gasteiger partial charge in [0.25, 0.3) is 0 Å². The fraction of sp³-hybridized carbons (Fsp3) is 0.222. The van der Waals surface area contributed by atoms with Crippen molar-refractivity contribution in [2.45, 2.75) is 12.8 Å². The number of carbonyl (C=O) groups is 1. The zero-order valence-electron chi connectivity index (χ0n) is 7.40. The van der Waals surface area contributed by atoms with Gasteiger partial charge >= 0.3 is 0 Å². The summed E-state index contributed by atoms with van der Waals surface area (Å²) < 4.78 is 1.58. The van der Waals surface area contributed by atoms with Gasteiger partial charge in [-0.3, -0.25) is 4.79 Å².